The third-order valence-electron chi connectivity index (χ3n) is 17.4. The summed E-state index contributed by atoms with van der Waals surface area (Å²) in [5.41, 5.74) is 0. The van der Waals surface area contributed by atoms with Gasteiger partial charge in [-0.2, -0.15) is 0 Å². The molecule has 3 N–H and O–H groups in total. The van der Waals surface area contributed by atoms with E-state index in [1.165, 1.54) is 167 Å². The second-order valence-electron chi connectivity index (χ2n) is 28.4. The quantitative estimate of drug-likeness (QED) is 0.0222. The Labute approximate surface area is 568 Å². The summed E-state index contributed by atoms with van der Waals surface area (Å²) in [5, 5.41) is 10.6. The van der Waals surface area contributed by atoms with Crippen LogP contribution in [-0.4, -0.2) is 96.7 Å². The Hall–Kier alpha value is -1.94. The van der Waals surface area contributed by atoms with Crippen molar-refractivity contribution in [1.29, 1.82) is 0 Å². The monoisotopic (exact) mass is 1370 g/mol. The van der Waals surface area contributed by atoms with Gasteiger partial charge in [0.2, 0.25) is 0 Å². The Bertz CT molecular complexity index is 1840. The van der Waals surface area contributed by atoms with E-state index < -0.39 is 97.5 Å². The Morgan fingerprint density at radius 3 is 0.763 bits per heavy atom. The van der Waals surface area contributed by atoms with E-state index >= 15 is 0 Å². The summed E-state index contributed by atoms with van der Waals surface area (Å²) in [6.07, 6.45) is 47.5. The molecule has 0 aromatic carbocycles. The number of unbranched alkanes of at least 4 members (excludes halogenated alkanes) is 36. The molecule has 0 bridgehead atoms. The lowest BCUT2D eigenvalue weighted by Crippen LogP contribution is -2.30. The summed E-state index contributed by atoms with van der Waals surface area (Å²) < 4.78 is 68.3. The molecule has 0 aliphatic heterocycles. The van der Waals surface area contributed by atoms with Gasteiger partial charge in [-0.25, -0.2) is 9.13 Å². The molecule has 93 heavy (non-hydrogen) atoms. The van der Waals surface area contributed by atoms with Gasteiger partial charge < -0.3 is 33.8 Å². The van der Waals surface area contributed by atoms with Crippen molar-refractivity contribution in [2.24, 2.45) is 23.7 Å². The molecule has 0 saturated heterocycles. The fourth-order valence-corrected chi connectivity index (χ4v) is 12.7. The van der Waals surface area contributed by atoms with Crippen LogP contribution in [0.2, 0.25) is 0 Å². The summed E-state index contributed by atoms with van der Waals surface area (Å²) in [6, 6.07) is 0. The average molecular weight is 1370 g/mol. The van der Waals surface area contributed by atoms with Crippen LogP contribution in [0.4, 0.5) is 0 Å². The molecule has 0 spiro atoms. The summed E-state index contributed by atoms with van der Waals surface area (Å²) >= 11 is 0. The number of ether oxygens (including phenoxy) is 4. The van der Waals surface area contributed by atoms with Crippen molar-refractivity contribution in [2.75, 3.05) is 39.6 Å². The minimum atomic E-state index is -4.96. The van der Waals surface area contributed by atoms with Crippen LogP contribution in [0, 0.1) is 23.7 Å². The van der Waals surface area contributed by atoms with Crippen LogP contribution < -0.4 is 0 Å². The lowest BCUT2D eigenvalue weighted by molar-refractivity contribution is -0.161. The van der Waals surface area contributed by atoms with Gasteiger partial charge in [-0.15, -0.1) is 0 Å². The fraction of sp³-hybridized carbons (Fsp3) is 0.946. The number of carbonyl (C=O) groups excluding carboxylic acids is 4. The van der Waals surface area contributed by atoms with Crippen LogP contribution in [-0.2, 0) is 65.4 Å². The molecule has 4 unspecified atom stereocenters. The molecule has 17 nitrogen and oxygen atoms in total. The number of aliphatic hydroxyl groups excluding tert-OH is 1. The molecule has 0 radical (unpaired) electrons. The van der Waals surface area contributed by atoms with Crippen molar-refractivity contribution in [1.82, 2.24) is 0 Å². The number of hydrogen-bond acceptors (Lipinski definition) is 15. The van der Waals surface area contributed by atoms with E-state index in [0.717, 1.165) is 108 Å². The molecule has 6 atom stereocenters. The SMILES string of the molecule is CCC(C)CCCCCCCCCCC(=O)O[C@H](COC(=O)CCCCCCCCCCCCCCCCCCCCC(C)C)COP(=O)(O)OCC(O)COP(=O)(O)OC[C@@H](COC(=O)CCCCCCCCCC(C)C)OC(=O)CCCCCCCCCC(C)C. The van der Waals surface area contributed by atoms with Crippen LogP contribution >= 0.6 is 15.6 Å². The van der Waals surface area contributed by atoms with Crippen molar-refractivity contribution < 1.29 is 80.2 Å². The van der Waals surface area contributed by atoms with Crippen molar-refractivity contribution in [2.45, 2.75) is 388 Å². The van der Waals surface area contributed by atoms with Gasteiger partial charge in [0.15, 0.2) is 12.2 Å². The number of aliphatic hydroxyl groups is 1. The second-order valence-corrected chi connectivity index (χ2v) is 31.3. The van der Waals surface area contributed by atoms with Crippen molar-refractivity contribution in [3.63, 3.8) is 0 Å². The highest BCUT2D eigenvalue weighted by molar-refractivity contribution is 7.47. The molecule has 0 saturated carbocycles. The minimum absolute atomic E-state index is 0.102. The molecule has 19 heteroatoms. The predicted molar refractivity (Wildman–Crippen MR) is 377 cm³/mol. The first-order chi connectivity index (χ1) is 44.6. The Morgan fingerprint density at radius 1 is 0.301 bits per heavy atom. The molecular weight excluding hydrogens is 1220 g/mol. The second kappa shape index (κ2) is 63.5. The van der Waals surface area contributed by atoms with E-state index in [1.807, 2.05) is 0 Å². The predicted octanol–water partition coefficient (Wildman–Crippen LogP) is 21.3. The zero-order valence-electron chi connectivity index (χ0n) is 60.9. The topological polar surface area (TPSA) is 237 Å². The van der Waals surface area contributed by atoms with Crippen LogP contribution in [0.15, 0.2) is 0 Å². The van der Waals surface area contributed by atoms with Gasteiger partial charge in [0.25, 0.3) is 0 Å². The van der Waals surface area contributed by atoms with E-state index in [1.54, 1.807) is 0 Å². The summed E-state index contributed by atoms with van der Waals surface area (Å²) in [5.74, 6) is 0.864. The third-order valence-corrected chi connectivity index (χ3v) is 19.3. The van der Waals surface area contributed by atoms with Gasteiger partial charge in [-0.05, 0) is 49.4 Å². The van der Waals surface area contributed by atoms with Gasteiger partial charge in [0.1, 0.15) is 19.3 Å². The average Bonchev–Trinajstić information content (AvgIpc) is 2.59. The first-order valence-electron chi connectivity index (χ1n) is 38.2. The fourth-order valence-electron chi connectivity index (χ4n) is 11.2. The van der Waals surface area contributed by atoms with E-state index in [-0.39, 0.29) is 25.7 Å². The largest absolute Gasteiger partial charge is 0.472 e. The van der Waals surface area contributed by atoms with E-state index in [9.17, 15) is 43.2 Å². The van der Waals surface area contributed by atoms with Gasteiger partial charge in [-0.1, -0.05) is 319 Å². The van der Waals surface area contributed by atoms with Gasteiger partial charge in [0, 0.05) is 25.7 Å². The molecule has 0 aliphatic rings. The molecule has 0 aromatic rings. The van der Waals surface area contributed by atoms with Crippen LogP contribution in [0.1, 0.15) is 370 Å². The minimum Gasteiger partial charge on any atom is -0.462 e. The molecule has 0 rings (SSSR count). The molecule has 0 fully saturated rings. The Balaban J connectivity index is 5.16. The molecule has 0 heterocycles. The zero-order valence-corrected chi connectivity index (χ0v) is 62.7. The van der Waals surface area contributed by atoms with Crippen molar-refractivity contribution in [3.05, 3.63) is 0 Å². The van der Waals surface area contributed by atoms with E-state index in [2.05, 4.69) is 55.4 Å². The normalized spacial score (nSPS) is 14.5. The van der Waals surface area contributed by atoms with E-state index in [4.69, 9.17) is 37.0 Å². The highest BCUT2D eigenvalue weighted by Gasteiger charge is 2.30. The Morgan fingerprint density at radius 2 is 0.516 bits per heavy atom. The maximum atomic E-state index is 13.1. The number of phosphoric ester groups is 2. The van der Waals surface area contributed by atoms with Crippen molar-refractivity contribution >= 4 is 39.5 Å². The number of phosphoric acid groups is 2. The van der Waals surface area contributed by atoms with Crippen LogP contribution in [0.3, 0.4) is 0 Å². The first-order valence-corrected chi connectivity index (χ1v) is 41.2. The number of esters is 4. The van der Waals surface area contributed by atoms with E-state index in [0.29, 0.717) is 37.5 Å². The number of hydrogen-bond donors (Lipinski definition) is 3. The summed E-state index contributed by atoms with van der Waals surface area (Å²) in [4.78, 5) is 72.6. The van der Waals surface area contributed by atoms with Crippen molar-refractivity contribution in [3.8, 4) is 0 Å². The van der Waals surface area contributed by atoms with Gasteiger partial charge in [-0.3, -0.25) is 37.3 Å². The summed E-state index contributed by atoms with van der Waals surface area (Å²) in [6.45, 7) is 14.1. The molecule has 0 aromatic heterocycles. The molecule has 552 valence electrons. The lowest BCUT2D eigenvalue weighted by Gasteiger charge is -2.21. The number of carbonyl (C=O) groups is 4. The molecular formula is C74H144O17P2. The van der Waals surface area contributed by atoms with Crippen LogP contribution in [0.25, 0.3) is 0 Å². The summed E-state index contributed by atoms with van der Waals surface area (Å²) in [7, 11) is -9.91. The third kappa shape index (κ3) is 67.0. The molecule has 0 amide bonds. The maximum absolute atomic E-state index is 13.1. The smallest absolute Gasteiger partial charge is 0.462 e. The van der Waals surface area contributed by atoms with Crippen LogP contribution in [0.5, 0.6) is 0 Å². The highest BCUT2D eigenvalue weighted by atomic mass is 31.2. The van der Waals surface area contributed by atoms with Gasteiger partial charge in [0.05, 0.1) is 26.4 Å². The highest BCUT2D eigenvalue weighted by Crippen LogP contribution is 2.45. The number of rotatable bonds is 71. The molecule has 0 aliphatic carbocycles. The lowest BCUT2D eigenvalue weighted by atomic mass is 9.99. The first kappa shape index (κ1) is 91.1. The maximum Gasteiger partial charge on any atom is 0.472 e. The van der Waals surface area contributed by atoms with Gasteiger partial charge >= 0.3 is 39.5 Å². The standard InChI is InChI=1S/C74H144O17P2/c1-9-67(8)53-45-37-29-22-23-31-40-48-56-73(78)90-69(60-84-71(76)54-46-38-30-21-19-17-15-13-11-10-12-14-16-18-20-26-34-42-50-64(2)3)62-88-92(80,81)86-58-68(75)59-87-93(82,83)89-63-70(91-74(79)57-49-41-33-25-28-36-44-52-66(6)7)61-85-72(77)55-47-39-32-24-27-35-43-51-65(4)5/h64-70,75H,9-63H2,1-8H3,(H,80,81)(H,82,83)/t67?,68?,69-,70-/m1/s1. The Kier molecular flexibility index (Phi) is 62.2. The zero-order chi connectivity index (χ0) is 68.9.